The molecule has 7 aromatic carbocycles. The van der Waals surface area contributed by atoms with Crippen LogP contribution in [0.15, 0.2) is 179 Å². The lowest BCUT2D eigenvalue weighted by molar-refractivity contribution is 0.0588. The fourth-order valence-electron chi connectivity index (χ4n) is 10.0. The van der Waals surface area contributed by atoms with Crippen LogP contribution in [-0.2, 0) is 28.1 Å². The van der Waals surface area contributed by atoms with Gasteiger partial charge in [-0.2, -0.15) is 0 Å². The SMILES string of the molecule is COC(=O)c1c(O[Si](c2ccccc2)(c2ccccc2)C(C)(C)C)cc2c(c1C)N=CC2.COC(=O)c1c(O[Si](c2ccccc2)(c2ccccc2)C(C)(C)C)cc2c(c1CSc1ccccc1)N=CC2. The minimum Gasteiger partial charge on any atom is -0.533 e. The molecule has 0 fully saturated rings. The zero-order valence-corrected chi connectivity index (χ0v) is 44.9. The van der Waals surface area contributed by atoms with Gasteiger partial charge in [-0.25, -0.2) is 9.59 Å². The van der Waals surface area contributed by atoms with Crippen molar-refractivity contribution in [3.63, 3.8) is 0 Å². The number of hydrogen-bond donors (Lipinski definition) is 0. The first-order chi connectivity index (χ1) is 34.1. The quantitative estimate of drug-likeness (QED) is 0.0645. The van der Waals surface area contributed by atoms with E-state index in [1.807, 2.05) is 74.0 Å². The van der Waals surface area contributed by atoms with Crippen LogP contribution in [0.5, 0.6) is 11.5 Å². The van der Waals surface area contributed by atoms with Crippen molar-refractivity contribution in [2.45, 2.75) is 82.0 Å². The summed E-state index contributed by atoms with van der Waals surface area (Å²) in [5.41, 5.74) is 6.42. The Hall–Kier alpha value is -6.80. The van der Waals surface area contributed by atoms with Gasteiger partial charge >= 0.3 is 28.6 Å². The molecule has 71 heavy (non-hydrogen) atoms. The molecule has 11 heteroatoms. The molecular weight excluding hydrogens is 933 g/mol. The lowest BCUT2D eigenvalue weighted by Gasteiger charge is -2.43. The second-order valence-electron chi connectivity index (χ2n) is 19.8. The van der Waals surface area contributed by atoms with E-state index in [4.69, 9.17) is 23.3 Å². The van der Waals surface area contributed by atoms with Gasteiger partial charge in [-0.05, 0) is 78.7 Å². The van der Waals surface area contributed by atoms with Crippen LogP contribution >= 0.6 is 11.8 Å². The lowest BCUT2D eigenvalue weighted by atomic mass is 10.0. The number of carbonyl (C=O) groups is 2. The molecule has 0 atom stereocenters. The van der Waals surface area contributed by atoms with Gasteiger partial charge in [0.2, 0.25) is 0 Å². The molecule has 2 heterocycles. The predicted molar refractivity (Wildman–Crippen MR) is 297 cm³/mol. The molecule has 2 aliphatic heterocycles. The second-order valence-corrected chi connectivity index (χ2v) is 29.3. The van der Waals surface area contributed by atoms with Crippen LogP contribution in [0.4, 0.5) is 11.4 Å². The molecule has 0 bridgehead atoms. The summed E-state index contributed by atoms with van der Waals surface area (Å²) in [7, 11) is -3.02. The van der Waals surface area contributed by atoms with E-state index in [9.17, 15) is 9.59 Å². The molecule has 0 saturated heterocycles. The van der Waals surface area contributed by atoms with Crippen molar-refractivity contribution < 1.29 is 27.9 Å². The van der Waals surface area contributed by atoms with E-state index in [2.05, 4.69) is 156 Å². The summed E-state index contributed by atoms with van der Waals surface area (Å²) in [4.78, 5) is 36.8. The molecule has 0 amide bonds. The van der Waals surface area contributed by atoms with Crippen LogP contribution in [0.1, 0.15) is 84.5 Å². The summed E-state index contributed by atoms with van der Waals surface area (Å²) >= 11 is 1.68. The van der Waals surface area contributed by atoms with Crippen molar-refractivity contribution in [3.05, 3.63) is 197 Å². The van der Waals surface area contributed by atoms with Gasteiger partial charge in [0.25, 0.3) is 0 Å². The second kappa shape index (κ2) is 21.3. The first kappa shape index (κ1) is 50.6. The maximum absolute atomic E-state index is 13.5. The van der Waals surface area contributed by atoms with E-state index in [0.29, 0.717) is 34.8 Å². The summed E-state index contributed by atoms with van der Waals surface area (Å²) in [6.45, 7) is 15.3. The van der Waals surface area contributed by atoms with Crippen molar-refractivity contribution in [1.82, 2.24) is 0 Å². The predicted octanol–water partition coefficient (Wildman–Crippen LogP) is 11.9. The highest BCUT2D eigenvalue weighted by Crippen LogP contribution is 2.46. The van der Waals surface area contributed by atoms with E-state index >= 15 is 0 Å². The number of aliphatic imine (C=N–C) groups is 2. The third-order valence-electron chi connectivity index (χ3n) is 13.4. The van der Waals surface area contributed by atoms with Crippen molar-refractivity contribution in [1.29, 1.82) is 0 Å². The van der Waals surface area contributed by atoms with Crippen molar-refractivity contribution >= 4 is 84.9 Å². The van der Waals surface area contributed by atoms with Gasteiger partial charge in [0.15, 0.2) is 0 Å². The van der Waals surface area contributed by atoms with Crippen LogP contribution in [0, 0.1) is 6.92 Å². The van der Waals surface area contributed by atoms with E-state index in [-0.39, 0.29) is 10.1 Å². The van der Waals surface area contributed by atoms with Gasteiger partial charge in [0.1, 0.15) is 22.6 Å². The number of fused-ring (bicyclic) bond motifs is 2. The van der Waals surface area contributed by atoms with Gasteiger partial charge in [0.05, 0.1) is 25.6 Å². The summed E-state index contributed by atoms with van der Waals surface area (Å²) in [5.74, 6) is 0.917. The third-order valence-corrected chi connectivity index (χ3v) is 24.3. The maximum Gasteiger partial charge on any atom is 0.341 e. The molecule has 0 aliphatic carbocycles. The Morgan fingerprint density at radius 2 is 0.873 bits per heavy atom. The number of rotatable bonds is 13. The highest BCUT2D eigenvalue weighted by molar-refractivity contribution is 7.98. The molecule has 7 aromatic rings. The molecule has 0 unspecified atom stereocenters. The number of methoxy groups -OCH3 is 2. The number of thioether (sulfide) groups is 1. The molecule has 8 nitrogen and oxygen atoms in total. The van der Waals surface area contributed by atoms with E-state index in [0.717, 1.165) is 65.7 Å². The fraction of sp³-hybridized carbons (Fsp3) is 0.233. The first-order valence-electron chi connectivity index (χ1n) is 24.0. The minimum absolute atomic E-state index is 0.216. The first-order valence-corrected chi connectivity index (χ1v) is 28.8. The summed E-state index contributed by atoms with van der Waals surface area (Å²) < 4.78 is 25.1. The Morgan fingerprint density at radius 1 is 0.521 bits per heavy atom. The normalized spacial score (nSPS) is 12.9. The molecule has 2 aliphatic rings. The molecule has 9 rings (SSSR count). The number of carbonyl (C=O) groups excluding carboxylic acids is 2. The molecule has 0 N–H and O–H groups in total. The summed E-state index contributed by atoms with van der Waals surface area (Å²) in [5, 5.41) is 4.14. The average molecular weight is 995 g/mol. The van der Waals surface area contributed by atoms with Crippen molar-refractivity contribution in [2.24, 2.45) is 9.98 Å². The Bertz CT molecular complexity index is 2990. The van der Waals surface area contributed by atoms with Crippen LogP contribution in [0.25, 0.3) is 0 Å². The van der Waals surface area contributed by atoms with Gasteiger partial charge in [-0.1, -0.05) is 181 Å². The van der Waals surface area contributed by atoms with Crippen molar-refractivity contribution in [3.8, 4) is 11.5 Å². The highest BCUT2D eigenvalue weighted by Gasteiger charge is 2.54. The number of esters is 2. The van der Waals surface area contributed by atoms with E-state index in [1.54, 1.807) is 11.8 Å². The fourth-order valence-corrected chi connectivity index (χ4v) is 19.8. The topological polar surface area (TPSA) is 95.8 Å². The number of benzene rings is 7. The summed E-state index contributed by atoms with van der Waals surface area (Å²) in [6.07, 6.45) is 5.23. The maximum atomic E-state index is 13.5. The Kier molecular flexibility index (Phi) is 15.2. The summed E-state index contributed by atoms with van der Waals surface area (Å²) in [6, 6.07) is 56.0. The molecule has 0 saturated carbocycles. The Balaban J connectivity index is 0.000000194. The van der Waals surface area contributed by atoms with Gasteiger partial charge in [-0.15, -0.1) is 11.8 Å². The molecule has 362 valence electrons. The number of hydrogen-bond acceptors (Lipinski definition) is 9. The molecule has 0 radical (unpaired) electrons. The van der Waals surface area contributed by atoms with E-state index in [1.165, 1.54) is 14.2 Å². The minimum atomic E-state index is -2.98. The monoisotopic (exact) mass is 994 g/mol. The van der Waals surface area contributed by atoms with Crippen LogP contribution in [-0.4, -0.2) is 55.2 Å². The lowest BCUT2D eigenvalue weighted by Crippen LogP contribution is -2.69. The molecule has 0 aromatic heterocycles. The largest absolute Gasteiger partial charge is 0.533 e. The van der Waals surface area contributed by atoms with Gasteiger partial charge < -0.3 is 18.3 Å². The van der Waals surface area contributed by atoms with E-state index < -0.39 is 28.6 Å². The standard InChI is InChI=1S/C33H33NO3SSi.C27H29NO3Si/c1-33(2,3)39(26-16-10-6-11-17-26,27-18-12-7-13-19-27)37-29-22-24-20-21-34-31(24)28(30(29)32(35)36-4)23-38-25-14-8-5-9-15-25;1-19-24(26(29)30-5)23(18-20-16-17-28-25(19)20)31-32(27(2,3)4,21-12-8-6-9-13-21)22-14-10-7-11-15-22/h5-19,21-22H,20,23H2,1-4H3;6-15,17-18H,16H2,1-5H3. The third kappa shape index (κ3) is 9.96. The zero-order chi connectivity index (χ0) is 50.4. The van der Waals surface area contributed by atoms with Crippen LogP contribution < -0.4 is 29.6 Å². The molecule has 0 spiro atoms. The average Bonchev–Trinajstić information content (AvgIpc) is 4.07. The number of nitrogens with zero attached hydrogens (tertiary/aromatic N) is 2. The smallest absolute Gasteiger partial charge is 0.341 e. The van der Waals surface area contributed by atoms with Gasteiger partial charge in [0, 0.05) is 41.5 Å². The zero-order valence-electron chi connectivity index (χ0n) is 42.1. The van der Waals surface area contributed by atoms with Gasteiger partial charge in [-0.3, -0.25) is 9.98 Å². The highest BCUT2D eigenvalue weighted by atomic mass is 32.2. The Labute approximate surface area is 425 Å². The Morgan fingerprint density at radius 3 is 1.27 bits per heavy atom. The number of ether oxygens (including phenoxy) is 2. The van der Waals surface area contributed by atoms with Crippen LogP contribution in [0.2, 0.25) is 10.1 Å². The van der Waals surface area contributed by atoms with Crippen LogP contribution in [0.3, 0.4) is 0 Å². The molecular formula is C60H62N2O6SSi2. The van der Waals surface area contributed by atoms with Crippen molar-refractivity contribution in [2.75, 3.05) is 14.2 Å².